The summed E-state index contributed by atoms with van der Waals surface area (Å²) in [7, 11) is -3.74. The highest BCUT2D eigenvalue weighted by Gasteiger charge is 2.27. The van der Waals surface area contributed by atoms with E-state index in [1.807, 2.05) is 18.2 Å². The van der Waals surface area contributed by atoms with Gasteiger partial charge in [-0.1, -0.05) is 42.5 Å². The Morgan fingerprint density at radius 2 is 1.76 bits per heavy atom. The first-order valence-corrected chi connectivity index (χ1v) is 11.4. The summed E-state index contributed by atoms with van der Waals surface area (Å²) in [6.07, 6.45) is 2.23. The van der Waals surface area contributed by atoms with Gasteiger partial charge in [0.05, 0.1) is 4.90 Å². The van der Waals surface area contributed by atoms with Crippen LogP contribution in [0.5, 0.6) is 0 Å². The van der Waals surface area contributed by atoms with E-state index in [9.17, 15) is 12.8 Å². The fourth-order valence-electron chi connectivity index (χ4n) is 4.21. The summed E-state index contributed by atoms with van der Waals surface area (Å²) in [4.78, 5) is 2.47. The molecule has 1 heterocycles. The molecular weight excluding hydrogens is 387 g/mol. The first kappa shape index (κ1) is 20.0. The Morgan fingerprint density at radius 3 is 2.52 bits per heavy atom. The molecule has 3 aromatic rings. The van der Waals surface area contributed by atoms with E-state index in [2.05, 4.69) is 33.9 Å². The maximum atomic E-state index is 13.4. The second-order valence-electron chi connectivity index (χ2n) is 7.59. The second-order valence-corrected chi connectivity index (χ2v) is 9.32. The van der Waals surface area contributed by atoms with Crippen molar-refractivity contribution in [2.75, 3.05) is 19.6 Å². The number of fused-ring (bicyclic) bond motifs is 1. The Morgan fingerprint density at radius 1 is 1.03 bits per heavy atom. The normalized spacial score (nSPS) is 16.3. The summed E-state index contributed by atoms with van der Waals surface area (Å²) < 4.78 is 42.0. The van der Waals surface area contributed by atoms with E-state index < -0.39 is 15.8 Å². The zero-order valence-corrected chi connectivity index (χ0v) is 17.3. The van der Waals surface area contributed by atoms with E-state index in [1.165, 1.54) is 18.2 Å². The van der Waals surface area contributed by atoms with Gasteiger partial charge in [-0.25, -0.2) is 17.5 Å². The number of likely N-dealkylation sites (tertiary alicyclic amines) is 1. The van der Waals surface area contributed by atoms with Gasteiger partial charge in [0.25, 0.3) is 0 Å². The molecular formula is C23H25FN2O2S. The van der Waals surface area contributed by atoms with Crippen molar-refractivity contribution in [2.45, 2.75) is 30.7 Å². The fraction of sp³-hybridized carbons (Fsp3) is 0.304. The number of benzene rings is 3. The lowest BCUT2D eigenvalue weighted by molar-refractivity contribution is 0.248. The zero-order chi connectivity index (χ0) is 20.4. The minimum Gasteiger partial charge on any atom is -0.295 e. The molecule has 3 aromatic carbocycles. The third kappa shape index (κ3) is 4.20. The SMILES string of the molecule is Cc1cc(F)ccc1S(=O)(=O)NC[C@H](c1cccc2ccccc12)N1CCCC1. The molecule has 6 heteroatoms. The molecule has 1 saturated heterocycles. The lowest BCUT2D eigenvalue weighted by atomic mass is 9.98. The molecule has 1 N–H and O–H groups in total. The number of sulfonamides is 1. The molecule has 1 atom stereocenters. The third-order valence-corrected chi connectivity index (χ3v) is 7.24. The number of aryl methyl sites for hydroxylation is 1. The summed E-state index contributed by atoms with van der Waals surface area (Å²) in [5.41, 5.74) is 1.53. The van der Waals surface area contributed by atoms with Crippen LogP contribution in [0.1, 0.15) is 30.0 Å². The molecule has 1 fully saturated rings. The van der Waals surface area contributed by atoms with Gasteiger partial charge in [-0.15, -0.1) is 0 Å². The van der Waals surface area contributed by atoms with E-state index >= 15 is 0 Å². The molecule has 0 amide bonds. The lowest BCUT2D eigenvalue weighted by Gasteiger charge is -2.29. The predicted octanol–water partition coefficient (Wildman–Crippen LogP) is 4.40. The van der Waals surface area contributed by atoms with Gasteiger partial charge in [0.2, 0.25) is 10.0 Å². The number of rotatable bonds is 6. The molecule has 0 spiro atoms. The lowest BCUT2D eigenvalue weighted by Crippen LogP contribution is -2.37. The highest BCUT2D eigenvalue weighted by molar-refractivity contribution is 7.89. The van der Waals surface area contributed by atoms with Crippen LogP contribution in [0, 0.1) is 12.7 Å². The fourth-order valence-corrected chi connectivity index (χ4v) is 5.47. The molecule has 4 rings (SSSR count). The first-order chi connectivity index (χ1) is 14.0. The topological polar surface area (TPSA) is 49.4 Å². The van der Waals surface area contributed by atoms with Gasteiger partial charge in [0, 0.05) is 12.6 Å². The molecule has 0 unspecified atom stereocenters. The van der Waals surface area contributed by atoms with E-state index in [0.717, 1.165) is 42.3 Å². The van der Waals surface area contributed by atoms with Crippen molar-refractivity contribution in [1.82, 2.24) is 9.62 Å². The average molecular weight is 413 g/mol. The predicted molar refractivity (Wildman–Crippen MR) is 114 cm³/mol. The van der Waals surface area contributed by atoms with Gasteiger partial charge in [0.15, 0.2) is 0 Å². The smallest absolute Gasteiger partial charge is 0.240 e. The van der Waals surface area contributed by atoms with Gasteiger partial charge in [-0.3, -0.25) is 4.90 Å². The highest BCUT2D eigenvalue weighted by atomic mass is 32.2. The van der Waals surface area contributed by atoms with Crippen molar-refractivity contribution in [3.8, 4) is 0 Å². The van der Waals surface area contributed by atoms with Crippen molar-refractivity contribution in [3.05, 3.63) is 77.6 Å². The van der Waals surface area contributed by atoms with Crippen molar-refractivity contribution in [2.24, 2.45) is 0 Å². The number of hydrogen-bond donors (Lipinski definition) is 1. The maximum absolute atomic E-state index is 13.4. The zero-order valence-electron chi connectivity index (χ0n) is 16.4. The van der Waals surface area contributed by atoms with E-state index in [0.29, 0.717) is 5.56 Å². The summed E-state index contributed by atoms with van der Waals surface area (Å²) in [5.74, 6) is -0.438. The van der Waals surface area contributed by atoms with Crippen LogP contribution in [-0.4, -0.2) is 33.0 Å². The van der Waals surface area contributed by atoms with Gasteiger partial charge in [-0.2, -0.15) is 0 Å². The number of hydrogen-bond acceptors (Lipinski definition) is 3. The summed E-state index contributed by atoms with van der Waals surface area (Å²) >= 11 is 0. The maximum Gasteiger partial charge on any atom is 0.240 e. The van der Waals surface area contributed by atoms with Crippen LogP contribution in [0.4, 0.5) is 4.39 Å². The van der Waals surface area contributed by atoms with Crippen LogP contribution in [0.25, 0.3) is 10.8 Å². The Balaban J connectivity index is 1.66. The first-order valence-electron chi connectivity index (χ1n) is 9.93. The van der Waals surface area contributed by atoms with E-state index in [1.54, 1.807) is 6.92 Å². The van der Waals surface area contributed by atoms with E-state index in [4.69, 9.17) is 0 Å². The molecule has 29 heavy (non-hydrogen) atoms. The third-order valence-electron chi connectivity index (χ3n) is 5.66. The van der Waals surface area contributed by atoms with Crippen molar-refractivity contribution >= 4 is 20.8 Å². The second kappa shape index (κ2) is 8.22. The van der Waals surface area contributed by atoms with E-state index in [-0.39, 0.29) is 17.5 Å². The minimum absolute atomic E-state index is 0.0564. The summed E-state index contributed by atoms with van der Waals surface area (Å²) in [6, 6.07) is 18.1. The molecule has 0 radical (unpaired) electrons. The number of nitrogens with one attached hydrogen (secondary N) is 1. The molecule has 0 aromatic heterocycles. The summed E-state index contributed by atoms with van der Waals surface area (Å²) in [6.45, 7) is 3.78. The van der Waals surface area contributed by atoms with Crippen LogP contribution in [0.15, 0.2) is 65.6 Å². The minimum atomic E-state index is -3.74. The molecule has 0 saturated carbocycles. The monoisotopic (exact) mass is 412 g/mol. The van der Waals surface area contributed by atoms with Gasteiger partial charge >= 0.3 is 0 Å². The van der Waals surface area contributed by atoms with Crippen molar-refractivity contribution < 1.29 is 12.8 Å². The van der Waals surface area contributed by atoms with Gasteiger partial charge in [-0.05, 0) is 73.0 Å². The van der Waals surface area contributed by atoms with Crippen LogP contribution in [0.3, 0.4) is 0 Å². The molecule has 0 aliphatic carbocycles. The number of nitrogens with zero attached hydrogens (tertiary/aromatic N) is 1. The Labute approximate surface area is 171 Å². The molecule has 1 aliphatic heterocycles. The molecule has 0 bridgehead atoms. The van der Waals surface area contributed by atoms with Crippen molar-refractivity contribution in [1.29, 1.82) is 0 Å². The average Bonchev–Trinajstić information content (AvgIpc) is 3.22. The quantitative estimate of drug-likeness (QED) is 0.653. The molecule has 152 valence electrons. The van der Waals surface area contributed by atoms with Crippen LogP contribution < -0.4 is 4.72 Å². The van der Waals surface area contributed by atoms with Crippen molar-refractivity contribution in [3.63, 3.8) is 0 Å². The van der Waals surface area contributed by atoms with Crippen LogP contribution in [0.2, 0.25) is 0 Å². The highest BCUT2D eigenvalue weighted by Crippen LogP contribution is 2.31. The van der Waals surface area contributed by atoms with Crippen LogP contribution in [-0.2, 0) is 10.0 Å². The summed E-state index contributed by atoms with van der Waals surface area (Å²) in [5, 5.41) is 2.29. The van der Waals surface area contributed by atoms with Gasteiger partial charge in [0.1, 0.15) is 5.82 Å². The Bertz CT molecular complexity index is 1120. The molecule has 4 nitrogen and oxygen atoms in total. The largest absolute Gasteiger partial charge is 0.295 e. The Hall–Kier alpha value is -2.28. The van der Waals surface area contributed by atoms with Gasteiger partial charge < -0.3 is 0 Å². The number of halogens is 1. The van der Waals surface area contributed by atoms with Crippen LogP contribution >= 0.6 is 0 Å². The standard InChI is InChI=1S/C23H25FN2O2S/c1-17-15-19(24)11-12-23(17)29(27,28)25-16-22(26-13-4-5-14-26)21-10-6-8-18-7-2-3-9-20(18)21/h2-3,6-12,15,22,25H,4-5,13-14,16H2,1H3/t22-/m1/s1. The Kier molecular flexibility index (Phi) is 5.67. The molecule has 1 aliphatic rings.